The molecule has 106 valence electrons. The number of rotatable bonds is 2. The number of allylic oxidation sites excluding steroid dienone is 1. The van der Waals surface area contributed by atoms with Gasteiger partial charge < -0.3 is 0 Å². The maximum absolute atomic E-state index is 12.5. The molecule has 1 heterocycles. The summed E-state index contributed by atoms with van der Waals surface area (Å²) in [7, 11) is 0. The van der Waals surface area contributed by atoms with E-state index in [-0.39, 0.29) is 11.3 Å². The van der Waals surface area contributed by atoms with Crippen LogP contribution in [-0.4, -0.2) is 4.98 Å². The van der Waals surface area contributed by atoms with Crippen LogP contribution < -0.4 is 0 Å². The normalized spacial score (nSPS) is 12.0. The topological polar surface area (TPSA) is 36.7 Å². The highest BCUT2D eigenvalue weighted by molar-refractivity contribution is 9.10. The molecule has 0 aliphatic rings. The van der Waals surface area contributed by atoms with E-state index in [2.05, 4.69) is 20.9 Å². The predicted molar refractivity (Wildman–Crippen MR) is 76.9 cm³/mol. The molecule has 1 aromatic carbocycles. The summed E-state index contributed by atoms with van der Waals surface area (Å²) >= 11 is 3.30. The molecule has 1 aromatic heterocycles. The Morgan fingerprint density at radius 1 is 1.14 bits per heavy atom. The molecule has 0 N–H and O–H groups in total. The molecule has 0 fully saturated rings. The van der Waals surface area contributed by atoms with E-state index in [1.807, 2.05) is 6.07 Å². The summed E-state index contributed by atoms with van der Waals surface area (Å²) in [4.78, 5) is 3.71. The van der Waals surface area contributed by atoms with Crippen molar-refractivity contribution in [3.63, 3.8) is 0 Å². The highest BCUT2D eigenvalue weighted by Gasteiger charge is 2.30. The van der Waals surface area contributed by atoms with Crippen LogP contribution in [0, 0.1) is 11.3 Å². The number of nitrogens with zero attached hydrogens (tertiary/aromatic N) is 2. The van der Waals surface area contributed by atoms with E-state index < -0.39 is 11.7 Å². The van der Waals surface area contributed by atoms with Crippen molar-refractivity contribution in [2.24, 2.45) is 0 Å². The van der Waals surface area contributed by atoms with E-state index >= 15 is 0 Å². The van der Waals surface area contributed by atoms with Crippen LogP contribution in [0.3, 0.4) is 0 Å². The van der Waals surface area contributed by atoms with Crippen LogP contribution in [0.15, 0.2) is 47.1 Å². The van der Waals surface area contributed by atoms with Crippen LogP contribution in [0.25, 0.3) is 11.6 Å². The average Bonchev–Trinajstić information content (AvgIpc) is 2.46. The lowest BCUT2D eigenvalue weighted by Crippen LogP contribution is -2.05. The lowest BCUT2D eigenvalue weighted by molar-refractivity contribution is -0.137. The Morgan fingerprint density at radius 3 is 2.29 bits per heavy atom. The van der Waals surface area contributed by atoms with Crippen molar-refractivity contribution in [1.82, 2.24) is 4.98 Å². The van der Waals surface area contributed by atoms with Crippen LogP contribution in [0.4, 0.5) is 13.2 Å². The molecular weight excluding hydrogens is 345 g/mol. The molecular formula is C15H8BrF3N2. The molecule has 2 aromatic rings. The number of hydrogen-bond donors (Lipinski definition) is 0. The summed E-state index contributed by atoms with van der Waals surface area (Å²) in [6.07, 6.45) is -2.14. The minimum atomic E-state index is -4.44. The molecule has 0 radical (unpaired) electrons. The summed E-state index contributed by atoms with van der Waals surface area (Å²) in [6.45, 7) is 0. The Labute approximate surface area is 127 Å². The first-order valence-electron chi connectivity index (χ1n) is 5.81. The molecule has 0 unspecified atom stereocenters. The zero-order valence-corrected chi connectivity index (χ0v) is 12.1. The highest BCUT2D eigenvalue weighted by Crippen LogP contribution is 2.29. The van der Waals surface area contributed by atoms with Crippen molar-refractivity contribution in [3.05, 3.63) is 63.9 Å². The van der Waals surface area contributed by atoms with Crippen LogP contribution in [0.1, 0.15) is 16.8 Å². The van der Waals surface area contributed by atoms with Crippen molar-refractivity contribution in [3.8, 4) is 6.07 Å². The molecule has 0 saturated carbocycles. The van der Waals surface area contributed by atoms with Crippen LogP contribution in [0.2, 0.25) is 0 Å². The predicted octanol–water partition coefficient (Wildman–Crippen LogP) is 4.93. The molecule has 21 heavy (non-hydrogen) atoms. The summed E-state index contributed by atoms with van der Waals surface area (Å²) in [5.74, 6) is 0. The third-order valence-corrected chi connectivity index (χ3v) is 3.20. The van der Waals surface area contributed by atoms with Gasteiger partial charge in [-0.05, 0) is 35.9 Å². The Hall–Kier alpha value is -2.13. The first kappa shape index (κ1) is 15.3. The minimum Gasteiger partial charge on any atom is -0.255 e. The van der Waals surface area contributed by atoms with E-state index in [4.69, 9.17) is 5.26 Å². The van der Waals surface area contributed by atoms with Crippen molar-refractivity contribution < 1.29 is 13.2 Å². The second kappa shape index (κ2) is 6.10. The van der Waals surface area contributed by atoms with Crippen LogP contribution in [0.5, 0.6) is 0 Å². The molecule has 2 nitrogen and oxygen atoms in total. The van der Waals surface area contributed by atoms with Crippen molar-refractivity contribution in [2.75, 3.05) is 0 Å². The Morgan fingerprint density at radius 2 is 1.81 bits per heavy atom. The van der Waals surface area contributed by atoms with Gasteiger partial charge in [-0.2, -0.15) is 18.4 Å². The third-order valence-electron chi connectivity index (χ3n) is 2.67. The second-order valence-corrected chi connectivity index (χ2v) is 5.07. The van der Waals surface area contributed by atoms with Gasteiger partial charge in [0.2, 0.25) is 0 Å². The minimum absolute atomic E-state index is 0.200. The molecule has 2 rings (SSSR count). The Kier molecular flexibility index (Phi) is 4.43. The van der Waals surface area contributed by atoms with Crippen LogP contribution in [-0.2, 0) is 6.18 Å². The molecule has 6 heteroatoms. The molecule has 0 spiro atoms. The van der Waals surface area contributed by atoms with Gasteiger partial charge in [-0.3, -0.25) is 4.98 Å². The fourth-order valence-corrected chi connectivity index (χ4v) is 1.87. The number of halogens is 4. The number of alkyl halides is 3. The second-order valence-electron chi connectivity index (χ2n) is 4.15. The van der Waals surface area contributed by atoms with E-state index in [9.17, 15) is 13.2 Å². The molecule has 0 atom stereocenters. The van der Waals surface area contributed by atoms with Gasteiger partial charge in [0.05, 0.1) is 16.8 Å². The zero-order chi connectivity index (χ0) is 15.5. The average molecular weight is 353 g/mol. The Bertz CT molecular complexity index is 696. The Balaban J connectivity index is 2.34. The van der Waals surface area contributed by atoms with Gasteiger partial charge in [0.1, 0.15) is 6.07 Å². The highest BCUT2D eigenvalue weighted by atomic mass is 79.9. The van der Waals surface area contributed by atoms with Gasteiger partial charge in [0.15, 0.2) is 0 Å². The van der Waals surface area contributed by atoms with Gasteiger partial charge in [0.25, 0.3) is 0 Å². The largest absolute Gasteiger partial charge is 0.417 e. The third kappa shape index (κ3) is 3.92. The summed E-state index contributed by atoms with van der Waals surface area (Å²) in [5, 5.41) is 9.13. The summed E-state index contributed by atoms with van der Waals surface area (Å²) in [6, 6.07) is 11.2. The van der Waals surface area contributed by atoms with Gasteiger partial charge in [-0.25, -0.2) is 0 Å². The molecule has 0 amide bonds. The standard InChI is InChI=1S/C15H8BrF3N2/c16-13-4-1-10(2-5-13)7-11(8-20)14-6-3-12(9-21-14)15(17,18)19/h1-7,9H/b11-7+. The lowest BCUT2D eigenvalue weighted by atomic mass is 10.1. The maximum Gasteiger partial charge on any atom is 0.417 e. The molecule has 0 aliphatic carbocycles. The number of nitriles is 1. The van der Waals surface area contributed by atoms with E-state index in [1.54, 1.807) is 30.3 Å². The smallest absolute Gasteiger partial charge is 0.255 e. The monoisotopic (exact) mass is 352 g/mol. The van der Waals surface area contributed by atoms with Gasteiger partial charge in [-0.15, -0.1) is 0 Å². The quantitative estimate of drug-likeness (QED) is 0.718. The van der Waals surface area contributed by atoms with Gasteiger partial charge in [-0.1, -0.05) is 28.1 Å². The number of aromatic nitrogens is 1. The first-order valence-corrected chi connectivity index (χ1v) is 6.60. The maximum atomic E-state index is 12.5. The van der Waals surface area contributed by atoms with E-state index in [1.165, 1.54) is 6.07 Å². The van der Waals surface area contributed by atoms with Crippen molar-refractivity contribution >= 4 is 27.6 Å². The van der Waals surface area contributed by atoms with Gasteiger partial charge >= 0.3 is 6.18 Å². The molecule has 0 bridgehead atoms. The fraction of sp³-hybridized carbons (Fsp3) is 0.0667. The number of benzene rings is 1. The fourth-order valence-electron chi connectivity index (χ4n) is 1.61. The van der Waals surface area contributed by atoms with Crippen molar-refractivity contribution in [2.45, 2.75) is 6.18 Å². The zero-order valence-electron chi connectivity index (χ0n) is 10.5. The number of pyridine rings is 1. The number of hydrogen-bond acceptors (Lipinski definition) is 2. The van der Waals surface area contributed by atoms with E-state index in [0.717, 1.165) is 22.3 Å². The SMILES string of the molecule is N#C/C(=C\c1ccc(Br)cc1)c1ccc(C(F)(F)F)cn1. The van der Waals surface area contributed by atoms with Crippen molar-refractivity contribution in [1.29, 1.82) is 5.26 Å². The van der Waals surface area contributed by atoms with Gasteiger partial charge in [0, 0.05) is 10.7 Å². The lowest BCUT2D eigenvalue weighted by Gasteiger charge is -2.06. The first-order chi connectivity index (χ1) is 9.90. The van der Waals surface area contributed by atoms with Crippen LogP contribution >= 0.6 is 15.9 Å². The summed E-state index contributed by atoms with van der Waals surface area (Å²) < 4.78 is 38.3. The molecule has 0 aliphatic heterocycles. The summed E-state index contributed by atoms with van der Waals surface area (Å²) in [5.41, 5.74) is 0.322. The molecule has 0 saturated heterocycles. The van der Waals surface area contributed by atoms with E-state index in [0.29, 0.717) is 0 Å².